The van der Waals surface area contributed by atoms with Crippen molar-refractivity contribution in [3.05, 3.63) is 57.6 Å². The minimum atomic E-state index is -0.950. The highest BCUT2D eigenvalue weighted by Gasteiger charge is 2.76. The summed E-state index contributed by atoms with van der Waals surface area (Å²) in [6, 6.07) is 7.64. The lowest BCUT2D eigenvalue weighted by Gasteiger charge is -2.66. The van der Waals surface area contributed by atoms with Crippen LogP contribution in [0.25, 0.3) is 0 Å². The molecule has 5 aliphatic rings. The molecule has 2 aromatic carbocycles. The zero-order valence-electron chi connectivity index (χ0n) is 24.8. The number of benzene rings is 2. The highest BCUT2D eigenvalue weighted by atomic mass is 127. The van der Waals surface area contributed by atoms with Crippen LogP contribution < -0.4 is 4.74 Å². The summed E-state index contributed by atoms with van der Waals surface area (Å²) in [5.41, 5.74) is 4.97. The molecule has 0 radical (unpaired) electrons. The topological polar surface area (TPSA) is 70.0 Å². The van der Waals surface area contributed by atoms with Gasteiger partial charge in [0, 0.05) is 42.9 Å². The Bertz CT molecular complexity index is 1510. The van der Waals surface area contributed by atoms with E-state index >= 15 is 0 Å². The molecule has 2 heterocycles. The van der Waals surface area contributed by atoms with Gasteiger partial charge in [-0.15, -0.1) is 24.0 Å². The molecule has 2 N–H and O–H groups in total. The Morgan fingerprint density at radius 1 is 1.12 bits per heavy atom. The molecular formula is C34H42IN2O4+. The van der Waals surface area contributed by atoms with E-state index in [1.807, 2.05) is 32.2 Å². The van der Waals surface area contributed by atoms with Gasteiger partial charge in [-0.2, -0.15) is 0 Å². The van der Waals surface area contributed by atoms with Gasteiger partial charge in [-0.25, -0.2) is 0 Å². The molecule has 1 spiro atoms. The fourth-order valence-corrected chi connectivity index (χ4v) is 8.98. The van der Waals surface area contributed by atoms with E-state index in [4.69, 9.17) is 4.74 Å². The number of halogens is 1. The average molecular weight is 670 g/mol. The highest BCUT2D eigenvalue weighted by molar-refractivity contribution is 14.0. The first-order valence-electron chi connectivity index (χ1n) is 14.9. The van der Waals surface area contributed by atoms with E-state index in [1.165, 1.54) is 29.5 Å². The van der Waals surface area contributed by atoms with E-state index in [2.05, 4.69) is 32.7 Å². The van der Waals surface area contributed by atoms with Crippen LogP contribution in [-0.2, 0) is 16.6 Å². The van der Waals surface area contributed by atoms with Crippen molar-refractivity contribution < 1.29 is 24.2 Å². The monoisotopic (exact) mass is 669 g/mol. The minimum absolute atomic E-state index is 0. The third-order valence-corrected chi connectivity index (χ3v) is 11.6. The van der Waals surface area contributed by atoms with Crippen molar-refractivity contribution in [3.63, 3.8) is 0 Å². The zero-order valence-corrected chi connectivity index (χ0v) is 27.1. The first-order chi connectivity index (χ1) is 19.0. The summed E-state index contributed by atoms with van der Waals surface area (Å²) in [5.74, 6) is 7.19. The predicted octanol–water partition coefficient (Wildman–Crippen LogP) is 4.52. The number of phenols is 1. The van der Waals surface area contributed by atoms with Crippen molar-refractivity contribution in [2.24, 2.45) is 5.92 Å². The number of carbonyl (C=O) groups is 1. The average Bonchev–Trinajstić information content (AvgIpc) is 3.66. The maximum Gasteiger partial charge on any atom is 0.298 e. The normalized spacial score (nSPS) is 34.0. The molecule has 1 saturated heterocycles. The molecule has 41 heavy (non-hydrogen) atoms. The number of carbonyl (C=O) groups excluding carboxylic acids is 1. The highest BCUT2D eigenvalue weighted by Crippen LogP contribution is 2.66. The Morgan fingerprint density at radius 2 is 1.88 bits per heavy atom. The van der Waals surface area contributed by atoms with Crippen molar-refractivity contribution in [2.75, 3.05) is 27.2 Å². The summed E-state index contributed by atoms with van der Waals surface area (Å²) in [6.45, 7) is 8.30. The number of likely N-dealkylation sites (tertiary alicyclic amines) is 1. The van der Waals surface area contributed by atoms with Gasteiger partial charge in [0.2, 0.25) is 0 Å². The second-order valence-corrected chi connectivity index (χ2v) is 13.6. The smallest absolute Gasteiger partial charge is 0.298 e. The molecule has 6 atom stereocenters. The number of phenolic OH excluding ortho intramolecular Hbond substituents is 1. The van der Waals surface area contributed by atoms with Gasteiger partial charge in [0.05, 0.1) is 31.6 Å². The Morgan fingerprint density at radius 3 is 2.61 bits per heavy atom. The Labute approximate surface area is 260 Å². The van der Waals surface area contributed by atoms with Crippen LogP contribution in [0.3, 0.4) is 0 Å². The zero-order chi connectivity index (χ0) is 28.2. The van der Waals surface area contributed by atoms with Crippen LogP contribution in [0.4, 0.5) is 0 Å². The van der Waals surface area contributed by atoms with E-state index in [0.29, 0.717) is 18.6 Å². The van der Waals surface area contributed by atoms with Gasteiger partial charge >= 0.3 is 0 Å². The molecule has 0 aromatic heterocycles. The summed E-state index contributed by atoms with van der Waals surface area (Å²) in [7, 11) is 4.16. The second-order valence-electron chi connectivity index (χ2n) is 13.6. The molecular weight excluding hydrogens is 627 g/mol. The Balaban J connectivity index is 0.00000302. The molecule has 2 bridgehead atoms. The molecule has 7 rings (SSSR count). The van der Waals surface area contributed by atoms with Gasteiger partial charge in [-0.1, -0.05) is 18.1 Å². The number of piperidine rings is 1. The lowest BCUT2D eigenvalue weighted by molar-refractivity contribution is -0.950. The summed E-state index contributed by atoms with van der Waals surface area (Å²) in [5, 5.41) is 23.8. The van der Waals surface area contributed by atoms with Crippen molar-refractivity contribution >= 4 is 29.9 Å². The molecule has 2 aliphatic heterocycles. The van der Waals surface area contributed by atoms with Crippen LogP contribution in [0, 0.1) is 38.5 Å². The number of amides is 1. The van der Waals surface area contributed by atoms with Crippen LogP contribution in [-0.4, -0.2) is 76.5 Å². The number of hydrogen-bond donors (Lipinski definition) is 2. The van der Waals surface area contributed by atoms with E-state index in [-0.39, 0.29) is 47.7 Å². The van der Waals surface area contributed by atoms with Gasteiger partial charge in [0.1, 0.15) is 17.7 Å². The molecule has 2 saturated carbocycles. The van der Waals surface area contributed by atoms with Crippen LogP contribution in [0.5, 0.6) is 11.5 Å². The maximum absolute atomic E-state index is 13.5. The molecule has 6 nitrogen and oxygen atoms in total. The maximum atomic E-state index is 13.5. The van der Waals surface area contributed by atoms with E-state index in [0.717, 1.165) is 53.0 Å². The first-order valence-corrected chi connectivity index (χ1v) is 14.9. The molecule has 218 valence electrons. The number of aromatic hydroxyl groups is 1. The molecule has 1 amide bonds. The van der Waals surface area contributed by atoms with Crippen LogP contribution >= 0.6 is 24.0 Å². The summed E-state index contributed by atoms with van der Waals surface area (Å²) < 4.78 is 7.57. The SMILES string of the molecule is Cc1ccc(C#CC(=O)N(C)[C@H]2CC[C@@]3(O)[C@H]4Cc5ccc(O)c6c5[C@@]3(CC[N+]4(C)CC3CC3)[C@H]2O6)c(C)c1C.I. The Kier molecular flexibility index (Phi) is 6.76. The fourth-order valence-electron chi connectivity index (χ4n) is 8.98. The Hall–Kier alpha value is -2.28. The molecule has 2 aromatic rings. The van der Waals surface area contributed by atoms with Crippen molar-refractivity contribution in [1.82, 2.24) is 4.90 Å². The van der Waals surface area contributed by atoms with Gasteiger partial charge in [0.15, 0.2) is 11.5 Å². The predicted molar refractivity (Wildman–Crippen MR) is 169 cm³/mol. The van der Waals surface area contributed by atoms with Crippen LogP contribution in [0.15, 0.2) is 24.3 Å². The minimum Gasteiger partial charge on any atom is -0.504 e. The van der Waals surface area contributed by atoms with Crippen molar-refractivity contribution in [2.45, 2.75) is 88.5 Å². The number of hydrogen-bond acceptors (Lipinski definition) is 4. The number of ether oxygens (including phenoxy) is 1. The largest absolute Gasteiger partial charge is 0.504 e. The van der Waals surface area contributed by atoms with Crippen molar-refractivity contribution in [1.29, 1.82) is 0 Å². The van der Waals surface area contributed by atoms with E-state index in [1.54, 1.807) is 11.0 Å². The third-order valence-electron chi connectivity index (χ3n) is 11.6. The first kappa shape index (κ1) is 28.8. The molecule has 3 aliphatic carbocycles. The molecule has 7 heteroatoms. The van der Waals surface area contributed by atoms with Gasteiger partial charge in [-0.3, -0.25) is 4.79 Å². The van der Waals surface area contributed by atoms with E-state index < -0.39 is 17.1 Å². The molecule has 1 unspecified atom stereocenters. The van der Waals surface area contributed by atoms with Gasteiger partial charge in [0.25, 0.3) is 5.91 Å². The second kappa shape index (κ2) is 9.62. The third kappa shape index (κ3) is 3.93. The number of likely N-dealkylation sites (N-methyl/N-ethyl adjacent to an activating group) is 2. The number of aryl methyl sites for hydroxylation is 1. The quantitative estimate of drug-likeness (QED) is 0.287. The summed E-state index contributed by atoms with van der Waals surface area (Å²) >= 11 is 0. The molecule has 3 fully saturated rings. The lowest BCUT2D eigenvalue weighted by Crippen LogP contribution is -2.82. The fraction of sp³-hybridized carbons (Fsp3) is 0.559. The van der Waals surface area contributed by atoms with Gasteiger partial charge < -0.3 is 24.3 Å². The summed E-state index contributed by atoms with van der Waals surface area (Å²) in [6.07, 6.45) is 4.98. The van der Waals surface area contributed by atoms with Crippen LogP contribution in [0.1, 0.15) is 65.5 Å². The number of rotatable bonds is 3. The standard InChI is InChI=1S/C34H40N2O4.HI/c1-20-6-9-24(22(3)21(20)2)11-13-29(38)35(4)26-14-15-34(39)28-18-25-10-12-27(37)31-30(25)33(34,32(26)40-31)16-17-36(28,5)19-23-7-8-23;/h6,9-10,12,23,26,28,32,39H,7-8,14-19H2,1-5H3;1H/p+1/t26-,28+,32-,33-,34+,36?;/m0./s1. The number of aliphatic hydroxyl groups is 1. The summed E-state index contributed by atoms with van der Waals surface area (Å²) in [4.78, 5) is 15.3. The number of quaternary nitrogens is 1. The van der Waals surface area contributed by atoms with E-state index in [9.17, 15) is 15.0 Å². The van der Waals surface area contributed by atoms with Gasteiger partial charge in [-0.05, 0) is 80.8 Å². The van der Waals surface area contributed by atoms with Crippen molar-refractivity contribution in [3.8, 4) is 23.3 Å². The van der Waals surface area contributed by atoms with Crippen LogP contribution in [0.2, 0.25) is 0 Å². The lowest BCUT2D eigenvalue weighted by atomic mass is 9.47. The number of nitrogens with zero attached hydrogens (tertiary/aromatic N) is 2.